The molecule has 1 heterocycles. The van der Waals surface area contributed by atoms with Gasteiger partial charge in [-0.1, -0.05) is 6.92 Å². The Hall–Kier alpha value is -0.650. The van der Waals surface area contributed by atoms with E-state index in [4.69, 9.17) is 9.47 Å². The van der Waals surface area contributed by atoms with Crippen LogP contribution in [0, 0.1) is 0 Å². The molecule has 0 aliphatic carbocycles. The molecule has 0 aromatic heterocycles. The number of hydrogen-bond donors (Lipinski definition) is 1. The van der Waals surface area contributed by atoms with Gasteiger partial charge in [-0.2, -0.15) is 0 Å². The van der Waals surface area contributed by atoms with Crippen LogP contribution in [0.2, 0.25) is 0 Å². The Morgan fingerprint density at radius 3 is 2.74 bits per heavy atom. The Kier molecular flexibility index (Phi) is 6.23. The molecule has 0 amide bonds. The molecule has 1 aliphatic heterocycles. The molecule has 5 nitrogen and oxygen atoms in total. The van der Waals surface area contributed by atoms with Crippen molar-refractivity contribution in [2.75, 3.05) is 33.9 Å². The van der Waals surface area contributed by atoms with Crippen molar-refractivity contribution in [2.45, 2.75) is 51.3 Å². The first kappa shape index (κ1) is 16.4. The third-order valence-corrected chi connectivity index (χ3v) is 4.07. The molecule has 0 aromatic rings. The molecule has 5 heteroatoms. The second-order valence-electron chi connectivity index (χ2n) is 5.52. The highest BCUT2D eigenvalue weighted by Crippen LogP contribution is 2.20. The van der Waals surface area contributed by atoms with Crippen LogP contribution < -0.4 is 5.32 Å². The minimum atomic E-state index is -0.611. The average Bonchev–Trinajstić information content (AvgIpc) is 2.81. The number of rotatable bonds is 7. The summed E-state index contributed by atoms with van der Waals surface area (Å²) >= 11 is 0. The van der Waals surface area contributed by atoms with E-state index in [9.17, 15) is 4.79 Å². The summed E-state index contributed by atoms with van der Waals surface area (Å²) in [6.45, 7) is 8.44. The summed E-state index contributed by atoms with van der Waals surface area (Å²) in [6.07, 6.45) is 2.06. The molecular formula is C14H28N2O3. The van der Waals surface area contributed by atoms with Gasteiger partial charge in [0.05, 0.1) is 13.2 Å². The summed E-state index contributed by atoms with van der Waals surface area (Å²) in [5, 5.41) is 3.23. The Labute approximate surface area is 116 Å². The van der Waals surface area contributed by atoms with Crippen LogP contribution in [0.5, 0.6) is 0 Å². The molecule has 1 N–H and O–H groups in total. The highest BCUT2D eigenvalue weighted by atomic mass is 16.5. The van der Waals surface area contributed by atoms with Crippen molar-refractivity contribution in [2.24, 2.45) is 0 Å². The van der Waals surface area contributed by atoms with Crippen molar-refractivity contribution in [1.29, 1.82) is 0 Å². The number of esters is 1. The Balaban J connectivity index is 2.53. The van der Waals surface area contributed by atoms with Crippen LogP contribution in [0.4, 0.5) is 0 Å². The maximum absolute atomic E-state index is 11.9. The molecule has 0 spiro atoms. The summed E-state index contributed by atoms with van der Waals surface area (Å²) in [5.74, 6) is -0.196. The van der Waals surface area contributed by atoms with Gasteiger partial charge in [0, 0.05) is 19.2 Å². The van der Waals surface area contributed by atoms with Gasteiger partial charge in [-0.05, 0) is 40.3 Å². The molecule has 3 atom stereocenters. The maximum atomic E-state index is 11.9. The summed E-state index contributed by atoms with van der Waals surface area (Å²) in [7, 11) is 3.54. The van der Waals surface area contributed by atoms with E-state index < -0.39 is 5.54 Å². The van der Waals surface area contributed by atoms with Crippen molar-refractivity contribution >= 4 is 5.97 Å². The number of carbonyl (C=O) groups excluding carboxylic acids is 1. The second-order valence-corrected chi connectivity index (χ2v) is 5.52. The topological polar surface area (TPSA) is 50.8 Å². The van der Waals surface area contributed by atoms with Gasteiger partial charge in [0.2, 0.25) is 0 Å². The first-order valence-corrected chi connectivity index (χ1v) is 7.10. The molecule has 3 unspecified atom stereocenters. The van der Waals surface area contributed by atoms with Crippen molar-refractivity contribution in [3.8, 4) is 0 Å². The van der Waals surface area contributed by atoms with E-state index in [0.717, 1.165) is 32.5 Å². The van der Waals surface area contributed by atoms with Crippen LogP contribution in [0.25, 0.3) is 0 Å². The molecule has 112 valence electrons. The first-order valence-electron chi connectivity index (χ1n) is 7.10. The van der Waals surface area contributed by atoms with E-state index in [0.29, 0.717) is 6.04 Å². The zero-order chi connectivity index (χ0) is 14.5. The van der Waals surface area contributed by atoms with Gasteiger partial charge in [-0.3, -0.25) is 4.79 Å². The SMILES string of the molecule is CCNC(C)(CCN(C)C1CCOC1C)C(=O)OC. The van der Waals surface area contributed by atoms with Crippen LogP contribution >= 0.6 is 0 Å². The van der Waals surface area contributed by atoms with E-state index in [2.05, 4.69) is 24.2 Å². The van der Waals surface area contributed by atoms with Gasteiger partial charge in [0.25, 0.3) is 0 Å². The predicted molar refractivity (Wildman–Crippen MR) is 75.2 cm³/mol. The summed E-state index contributed by atoms with van der Waals surface area (Å²) in [5.41, 5.74) is -0.611. The van der Waals surface area contributed by atoms with Crippen LogP contribution in [-0.4, -0.2) is 62.4 Å². The van der Waals surface area contributed by atoms with Crippen molar-refractivity contribution in [1.82, 2.24) is 10.2 Å². The Bertz CT molecular complexity index is 298. The van der Waals surface area contributed by atoms with Crippen LogP contribution in [0.15, 0.2) is 0 Å². The summed E-state index contributed by atoms with van der Waals surface area (Å²) in [6, 6.07) is 0.448. The third-order valence-electron chi connectivity index (χ3n) is 4.07. The van der Waals surface area contributed by atoms with E-state index in [-0.39, 0.29) is 12.1 Å². The lowest BCUT2D eigenvalue weighted by Crippen LogP contribution is -2.52. The average molecular weight is 272 g/mol. The van der Waals surface area contributed by atoms with Gasteiger partial charge in [0.1, 0.15) is 5.54 Å². The monoisotopic (exact) mass is 272 g/mol. The first-order chi connectivity index (χ1) is 8.94. The fourth-order valence-electron chi connectivity index (χ4n) is 2.74. The molecular weight excluding hydrogens is 244 g/mol. The second kappa shape index (κ2) is 7.22. The van der Waals surface area contributed by atoms with Gasteiger partial charge in [-0.25, -0.2) is 0 Å². The molecule has 0 radical (unpaired) electrons. The number of hydrogen-bond acceptors (Lipinski definition) is 5. The quantitative estimate of drug-likeness (QED) is 0.702. The third kappa shape index (κ3) is 4.16. The van der Waals surface area contributed by atoms with Crippen LogP contribution in [0.3, 0.4) is 0 Å². The largest absolute Gasteiger partial charge is 0.468 e. The lowest BCUT2D eigenvalue weighted by molar-refractivity contribution is -0.148. The standard InChI is InChI=1S/C14H28N2O3/c1-6-15-14(3,13(17)18-5)8-9-16(4)12-7-10-19-11(12)2/h11-12,15H,6-10H2,1-5H3. The summed E-state index contributed by atoms with van der Waals surface area (Å²) < 4.78 is 10.5. The normalized spacial score (nSPS) is 26.4. The zero-order valence-corrected chi connectivity index (χ0v) is 12.9. The smallest absolute Gasteiger partial charge is 0.325 e. The van der Waals surface area contributed by atoms with Gasteiger partial charge in [-0.15, -0.1) is 0 Å². The fraction of sp³-hybridized carbons (Fsp3) is 0.929. The molecule has 19 heavy (non-hydrogen) atoms. The number of ether oxygens (including phenoxy) is 2. The Morgan fingerprint density at radius 2 is 2.26 bits per heavy atom. The fourth-order valence-corrected chi connectivity index (χ4v) is 2.74. The predicted octanol–water partition coefficient (Wildman–Crippen LogP) is 1.03. The zero-order valence-electron chi connectivity index (χ0n) is 12.9. The maximum Gasteiger partial charge on any atom is 0.325 e. The van der Waals surface area contributed by atoms with Gasteiger partial charge in [0.15, 0.2) is 0 Å². The molecule has 1 fully saturated rings. The van der Waals surface area contributed by atoms with E-state index in [1.54, 1.807) is 0 Å². The lowest BCUT2D eigenvalue weighted by atomic mass is 9.97. The molecule has 0 bridgehead atoms. The number of likely N-dealkylation sites (N-methyl/N-ethyl adjacent to an activating group) is 2. The van der Waals surface area contributed by atoms with Crippen molar-refractivity contribution in [3.63, 3.8) is 0 Å². The molecule has 1 rings (SSSR count). The minimum absolute atomic E-state index is 0.196. The molecule has 0 saturated carbocycles. The molecule has 1 saturated heterocycles. The molecule has 0 aromatic carbocycles. The highest BCUT2D eigenvalue weighted by Gasteiger charge is 2.35. The summed E-state index contributed by atoms with van der Waals surface area (Å²) in [4.78, 5) is 14.2. The minimum Gasteiger partial charge on any atom is -0.468 e. The van der Waals surface area contributed by atoms with Crippen molar-refractivity contribution < 1.29 is 14.3 Å². The molecule has 1 aliphatic rings. The van der Waals surface area contributed by atoms with E-state index in [1.807, 2.05) is 13.8 Å². The van der Waals surface area contributed by atoms with Gasteiger partial charge >= 0.3 is 5.97 Å². The van der Waals surface area contributed by atoms with Crippen LogP contribution in [0.1, 0.15) is 33.6 Å². The lowest BCUT2D eigenvalue weighted by Gasteiger charge is -2.32. The number of nitrogens with one attached hydrogen (secondary N) is 1. The van der Waals surface area contributed by atoms with E-state index in [1.165, 1.54) is 7.11 Å². The Morgan fingerprint density at radius 1 is 1.58 bits per heavy atom. The van der Waals surface area contributed by atoms with E-state index >= 15 is 0 Å². The highest BCUT2D eigenvalue weighted by molar-refractivity contribution is 5.80. The number of methoxy groups -OCH3 is 1. The van der Waals surface area contributed by atoms with Crippen molar-refractivity contribution in [3.05, 3.63) is 0 Å². The van der Waals surface area contributed by atoms with Crippen LogP contribution in [-0.2, 0) is 14.3 Å². The number of nitrogens with zero attached hydrogens (tertiary/aromatic N) is 1. The number of carbonyl (C=O) groups is 1. The van der Waals surface area contributed by atoms with Gasteiger partial charge < -0.3 is 19.7 Å².